The van der Waals surface area contributed by atoms with Gasteiger partial charge >= 0.3 is 0 Å². The molecular formula is C49H39N5S. The lowest BCUT2D eigenvalue weighted by Gasteiger charge is -2.27. The number of nitrogens with zero attached hydrogens (tertiary/aromatic N) is 5. The third kappa shape index (κ3) is 6.62. The maximum Gasteiger partial charge on any atom is 0.147 e. The molecule has 0 aliphatic carbocycles. The number of hydrogen-bond acceptors (Lipinski definition) is 5. The fourth-order valence-corrected chi connectivity index (χ4v) is 8.46. The zero-order chi connectivity index (χ0) is 37.3. The van der Waals surface area contributed by atoms with E-state index in [1.165, 1.54) is 16.8 Å². The highest BCUT2D eigenvalue weighted by atomic mass is 32.1. The van der Waals surface area contributed by atoms with Crippen LogP contribution in [0.4, 0.5) is 17.1 Å². The lowest BCUT2D eigenvalue weighted by atomic mass is 10.1. The quantitative estimate of drug-likeness (QED) is 0.139. The minimum atomic E-state index is 0.744. The fourth-order valence-electron chi connectivity index (χ4n) is 7.30. The van der Waals surface area contributed by atoms with E-state index in [9.17, 15) is 0 Å². The van der Waals surface area contributed by atoms with Crippen LogP contribution >= 0.6 is 11.3 Å². The van der Waals surface area contributed by atoms with Crippen LogP contribution in [0.2, 0.25) is 0 Å². The van der Waals surface area contributed by atoms with Gasteiger partial charge in [-0.15, -0.1) is 11.3 Å². The van der Waals surface area contributed by atoms with Gasteiger partial charge in [0.2, 0.25) is 0 Å². The maximum atomic E-state index is 5.43. The first kappa shape index (κ1) is 34.2. The average Bonchev–Trinajstić information content (AvgIpc) is 3.85. The second-order valence-corrected chi connectivity index (χ2v) is 14.8. The Morgan fingerprint density at radius 1 is 0.655 bits per heavy atom. The van der Waals surface area contributed by atoms with Gasteiger partial charge < -0.3 is 4.90 Å². The molecule has 0 bridgehead atoms. The Hall–Kier alpha value is -6.63. The van der Waals surface area contributed by atoms with E-state index in [1.54, 1.807) is 11.3 Å². The highest BCUT2D eigenvalue weighted by Crippen LogP contribution is 2.40. The second-order valence-electron chi connectivity index (χ2n) is 13.8. The van der Waals surface area contributed by atoms with Gasteiger partial charge in [-0.3, -0.25) is 9.56 Å². The Bertz CT molecular complexity index is 2820. The van der Waals surface area contributed by atoms with E-state index in [1.807, 2.05) is 18.2 Å². The van der Waals surface area contributed by atoms with Gasteiger partial charge in [-0.25, -0.2) is 9.97 Å². The molecule has 0 unspecified atom stereocenters. The topological polar surface area (TPSA) is 46.3 Å². The van der Waals surface area contributed by atoms with Crippen molar-refractivity contribution in [3.63, 3.8) is 0 Å². The molecule has 7 aromatic carbocycles. The number of aryl methyl sites for hydroxylation is 2. The normalized spacial score (nSPS) is 11.7. The highest BCUT2D eigenvalue weighted by molar-refractivity contribution is 7.22. The minimum absolute atomic E-state index is 0.744. The predicted molar refractivity (Wildman–Crippen MR) is 232 cm³/mol. The van der Waals surface area contributed by atoms with Crippen molar-refractivity contribution in [2.75, 3.05) is 4.90 Å². The number of anilines is 2. The molecular weight excluding hydrogens is 691 g/mol. The Labute approximate surface area is 325 Å². The molecule has 0 amide bonds. The Kier molecular flexibility index (Phi) is 9.10. The smallest absolute Gasteiger partial charge is 0.147 e. The summed E-state index contributed by atoms with van der Waals surface area (Å²) < 4.78 is 3.34. The monoisotopic (exact) mass is 729 g/mol. The number of hydrogen-bond donors (Lipinski definition) is 0. The molecule has 0 saturated carbocycles. The van der Waals surface area contributed by atoms with Gasteiger partial charge in [0.05, 0.1) is 26.9 Å². The van der Waals surface area contributed by atoms with Gasteiger partial charge in [-0.2, -0.15) is 0 Å². The van der Waals surface area contributed by atoms with Crippen molar-refractivity contribution >= 4 is 55.4 Å². The molecule has 0 radical (unpaired) electrons. The van der Waals surface area contributed by atoms with Crippen LogP contribution in [-0.4, -0.2) is 20.2 Å². The zero-order valence-corrected chi connectivity index (χ0v) is 31.8. The van der Waals surface area contributed by atoms with Crippen LogP contribution in [0.1, 0.15) is 29.2 Å². The number of thiazole rings is 1. The molecule has 0 saturated heterocycles. The van der Waals surface area contributed by atoms with Crippen LogP contribution in [-0.2, 0) is 6.54 Å². The van der Waals surface area contributed by atoms with Crippen LogP contribution in [0.15, 0.2) is 175 Å². The maximum absolute atomic E-state index is 5.43. The summed E-state index contributed by atoms with van der Waals surface area (Å²) in [6.07, 6.45) is 0. The molecule has 5 nitrogen and oxygen atoms in total. The molecule has 0 N–H and O–H groups in total. The van der Waals surface area contributed by atoms with Crippen LogP contribution in [0.3, 0.4) is 0 Å². The van der Waals surface area contributed by atoms with Gasteiger partial charge in [0.25, 0.3) is 0 Å². The molecule has 0 fully saturated rings. The van der Waals surface area contributed by atoms with Crippen molar-refractivity contribution in [3.8, 4) is 27.6 Å². The van der Waals surface area contributed by atoms with Crippen molar-refractivity contribution in [2.45, 2.75) is 27.3 Å². The molecule has 2 heterocycles. The summed E-state index contributed by atoms with van der Waals surface area (Å²) in [6.45, 7) is 7.12. The molecule has 55 heavy (non-hydrogen) atoms. The number of benzene rings is 7. The largest absolute Gasteiger partial charge is 0.337 e. The summed E-state index contributed by atoms with van der Waals surface area (Å²) in [5.74, 6) is 0.863. The van der Waals surface area contributed by atoms with E-state index in [2.05, 4.69) is 182 Å². The molecule has 2 aromatic heterocycles. The molecule has 0 aliphatic rings. The lowest BCUT2D eigenvalue weighted by molar-refractivity contribution is 0.969. The number of para-hydroxylation sites is 6. The summed E-state index contributed by atoms with van der Waals surface area (Å²) in [7, 11) is 0. The molecule has 0 spiro atoms. The number of aliphatic imine (C=N–C) groups is 1. The Balaban J connectivity index is 1.17. The number of rotatable bonds is 9. The summed E-state index contributed by atoms with van der Waals surface area (Å²) in [6, 6.07) is 59.5. The first-order valence-electron chi connectivity index (χ1n) is 18.6. The SMILES string of the molecule is CC(=Nc1ccccc1C)c1ccc(-c2nc3ccccc3n2-c2ccccc2)c2nc(-c3ccc(CN(c4ccccc4)c4ccccc4C)cc3)sc12. The zero-order valence-electron chi connectivity index (χ0n) is 31.0. The van der Waals surface area contributed by atoms with Crippen molar-refractivity contribution < 1.29 is 0 Å². The molecule has 9 aromatic rings. The molecule has 9 rings (SSSR count). The molecule has 0 aliphatic heterocycles. The molecule has 266 valence electrons. The Morgan fingerprint density at radius 2 is 1.33 bits per heavy atom. The van der Waals surface area contributed by atoms with Gasteiger partial charge in [-0.05, 0) is 92.1 Å². The fraction of sp³-hybridized carbons (Fsp3) is 0.0816. The van der Waals surface area contributed by atoms with Crippen LogP contribution in [0, 0.1) is 13.8 Å². The van der Waals surface area contributed by atoms with E-state index in [4.69, 9.17) is 15.0 Å². The van der Waals surface area contributed by atoms with Crippen LogP contribution in [0.5, 0.6) is 0 Å². The van der Waals surface area contributed by atoms with E-state index in [0.29, 0.717) is 0 Å². The summed E-state index contributed by atoms with van der Waals surface area (Å²) in [5, 5.41) is 0.958. The van der Waals surface area contributed by atoms with Gasteiger partial charge in [-0.1, -0.05) is 115 Å². The summed E-state index contributed by atoms with van der Waals surface area (Å²) in [4.78, 5) is 18.2. The average molecular weight is 730 g/mol. The lowest BCUT2D eigenvalue weighted by Crippen LogP contribution is -2.17. The van der Waals surface area contributed by atoms with Crippen molar-refractivity contribution in [3.05, 3.63) is 192 Å². The van der Waals surface area contributed by atoms with Gasteiger partial charge in [0, 0.05) is 46.0 Å². The molecule has 6 heteroatoms. The van der Waals surface area contributed by atoms with E-state index < -0.39 is 0 Å². The van der Waals surface area contributed by atoms with Crippen molar-refractivity contribution in [1.82, 2.24) is 14.5 Å². The third-order valence-electron chi connectivity index (χ3n) is 10.2. The van der Waals surface area contributed by atoms with E-state index >= 15 is 0 Å². The van der Waals surface area contributed by atoms with E-state index in [-0.39, 0.29) is 0 Å². The van der Waals surface area contributed by atoms with Gasteiger partial charge in [0.15, 0.2) is 0 Å². The minimum Gasteiger partial charge on any atom is -0.337 e. The van der Waals surface area contributed by atoms with Gasteiger partial charge in [0.1, 0.15) is 10.8 Å². The van der Waals surface area contributed by atoms with Crippen LogP contribution in [0.25, 0.3) is 48.9 Å². The number of imidazole rings is 1. The van der Waals surface area contributed by atoms with E-state index in [0.717, 1.165) is 83.7 Å². The summed E-state index contributed by atoms with van der Waals surface area (Å²) in [5.41, 5.74) is 15.0. The first-order valence-corrected chi connectivity index (χ1v) is 19.4. The first-order chi connectivity index (χ1) is 27.0. The van der Waals surface area contributed by atoms with Crippen molar-refractivity contribution in [1.29, 1.82) is 0 Å². The Morgan fingerprint density at radius 3 is 2.09 bits per heavy atom. The van der Waals surface area contributed by atoms with Crippen molar-refractivity contribution in [2.24, 2.45) is 4.99 Å². The number of fused-ring (bicyclic) bond motifs is 2. The standard InChI is InChI=1S/C49H39N5S/c1-33-16-10-12-22-42(33)50-35(3)40-30-31-41(48-51-43-23-13-15-25-45(43)54(48)39-20-8-5-9-21-39)46-47(40)55-49(52-46)37-28-26-36(27-29-37)32-53(38-18-6-4-7-19-38)44-24-14-11-17-34(44)2/h4-31H,32H2,1-3H3. The predicted octanol–water partition coefficient (Wildman–Crippen LogP) is 13.1. The van der Waals surface area contributed by atoms with Crippen LogP contribution < -0.4 is 4.90 Å². The highest BCUT2D eigenvalue weighted by Gasteiger charge is 2.22. The molecule has 0 atom stereocenters. The second kappa shape index (κ2) is 14.7. The number of aromatic nitrogens is 3. The third-order valence-corrected chi connectivity index (χ3v) is 11.3. The summed E-state index contributed by atoms with van der Waals surface area (Å²) >= 11 is 1.71.